The zero-order chi connectivity index (χ0) is 17.4. The maximum Gasteiger partial charge on any atom is 0.475 e. The van der Waals surface area contributed by atoms with Crippen LogP contribution in [-0.4, -0.2) is 40.3 Å². The SMILES string of the molecule is C=CC(=O)OCC(OC(=O)C=C)(OC(=O)C=C)OP(=O)(O)O. The summed E-state index contributed by atoms with van der Waals surface area (Å²) in [5, 5.41) is 0. The molecule has 0 radical (unpaired) electrons. The quantitative estimate of drug-likeness (QED) is 0.254. The lowest BCUT2D eigenvalue weighted by Crippen LogP contribution is -2.46. The smallest absolute Gasteiger partial charge is 0.451 e. The van der Waals surface area contributed by atoms with Gasteiger partial charge in [0.1, 0.15) is 0 Å². The highest BCUT2D eigenvalue weighted by molar-refractivity contribution is 7.46. The largest absolute Gasteiger partial charge is 0.475 e. The van der Waals surface area contributed by atoms with Crippen LogP contribution in [0, 0.1) is 0 Å². The molecule has 2 N–H and O–H groups in total. The molecule has 0 heterocycles. The Balaban J connectivity index is 5.59. The van der Waals surface area contributed by atoms with Gasteiger partial charge in [0.15, 0.2) is 6.61 Å². The Bertz CT molecular complexity index is 509. The highest BCUT2D eigenvalue weighted by Gasteiger charge is 2.47. The summed E-state index contributed by atoms with van der Waals surface area (Å²) in [4.78, 5) is 51.2. The van der Waals surface area contributed by atoms with Crippen molar-refractivity contribution >= 4 is 25.7 Å². The Morgan fingerprint density at radius 2 is 1.36 bits per heavy atom. The summed E-state index contributed by atoms with van der Waals surface area (Å²) >= 11 is 0. The highest BCUT2D eigenvalue weighted by atomic mass is 31.2. The zero-order valence-electron chi connectivity index (χ0n) is 11.2. The third-order valence-corrected chi connectivity index (χ3v) is 2.18. The molecular formula is C11H13O10P. The molecule has 10 nitrogen and oxygen atoms in total. The molecule has 0 fully saturated rings. The Morgan fingerprint density at radius 1 is 0.955 bits per heavy atom. The first-order valence-corrected chi connectivity index (χ1v) is 6.87. The molecule has 0 aromatic rings. The Morgan fingerprint density at radius 3 is 1.68 bits per heavy atom. The zero-order valence-corrected chi connectivity index (χ0v) is 12.1. The molecule has 0 aliphatic rings. The molecule has 11 heteroatoms. The van der Waals surface area contributed by atoms with Crippen LogP contribution in [0.2, 0.25) is 0 Å². The first-order valence-electron chi connectivity index (χ1n) is 5.34. The van der Waals surface area contributed by atoms with Crippen LogP contribution in [0.4, 0.5) is 0 Å². The Hall–Kier alpha value is -2.26. The molecule has 0 aliphatic carbocycles. The monoisotopic (exact) mass is 336 g/mol. The lowest BCUT2D eigenvalue weighted by Gasteiger charge is -2.30. The molecule has 0 aromatic carbocycles. The number of esters is 3. The fourth-order valence-electron chi connectivity index (χ4n) is 0.933. The third kappa shape index (κ3) is 7.50. The van der Waals surface area contributed by atoms with E-state index in [0.717, 1.165) is 0 Å². The highest BCUT2D eigenvalue weighted by Crippen LogP contribution is 2.42. The standard InChI is InChI=1S/C11H13O10P/c1-4-8(12)18-7-11(19-9(13)5-2,20-10(14)6-3)21-22(15,16)17/h4-6H,1-3,7H2,(H2,15,16,17). The third-order valence-electron chi connectivity index (χ3n) is 1.66. The summed E-state index contributed by atoms with van der Waals surface area (Å²) in [7, 11) is -5.33. The topological polar surface area (TPSA) is 146 Å². The minimum absolute atomic E-state index is 0.592. The normalized spacial score (nSPS) is 11.0. The fraction of sp³-hybridized carbons (Fsp3) is 0.182. The van der Waals surface area contributed by atoms with Gasteiger partial charge in [-0.3, -0.25) is 0 Å². The maximum atomic E-state index is 11.2. The van der Waals surface area contributed by atoms with E-state index in [1.165, 1.54) is 0 Å². The van der Waals surface area contributed by atoms with E-state index in [2.05, 4.69) is 38.5 Å². The van der Waals surface area contributed by atoms with Gasteiger partial charge in [0, 0.05) is 18.2 Å². The molecule has 0 amide bonds. The molecule has 0 aliphatic heterocycles. The molecule has 0 bridgehead atoms. The number of rotatable bonds is 9. The second-order valence-electron chi connectivity index (χ2n) is 3.33. The predicted molar refractivity (Wildman–Crippen MR) is 69.6 cm³/mol. The number of phosphoric ester groups is 1. The van der Waals surface area contributed by atoms with Crippen LogP contribution in [0.5, 0.6) is 0 Å². The minimum Gasteiger partial charge on any atom is -0.451 e. The van der Waals surface area contributed by atoms with E-state index in [4.69, 9.17) is 9.79 Å². The molecule has 0 atom stereocenters. The summed E-state index contributed by atoms with van der Waals surface area (Å²) in [6.45, 7) is 7.98. The summed E-state index contributed by atoms with van der Waals surface area (Å²) in [6.07, 6.45) is 1.89. The van der Waals surface area contributed by atoms with Gasteiger partial charge < -0.3 is 24.0 Å². The van der Waals surface area contributed by atoms with Crippen molar-refractivity contribution < 1.29 is 47.5 Å². The van der Waals surface area contributed by atoms with Gasteiger partial charge >= 0.3 is 31.7 Å². The second-order valence-corrected chi connectivity index (χ2v) is 4.49. The summed E-state index contributed by atoms with van der Waals surface area (Å²) in [6, 6.07) is 0. The van der Waals surface area contributed by atoms with E-state index in [1.807, 2.05) is 0 Å². The number of carbonyl (C=O) groups excluding carboxylic acids is 3. The summed E-state index contributed by atoms with van der Waals surface area (Å²) in [5.74, 6) is -6.66. The van der Waals surface area contributed by atoms with Gasteiger partial charge in [-0.05, 0) is 0 Å². The minimum atomic E-state index is -5.33. The Labute approximate surface area is 124 Å². The number of hydrogen-bond donors (Lipinski definition) is 2. The molecule has 0 aromatic heterocycles. The van der Waals surface area contributed by atoms with E-state index >= 15 is 0 Å². The summed E-state index contributed by atoms with van der Waals surface area (Å²) < 4.78 is 28.5. The number of phosphoric acid groups is 1. The number of ether oxygens (including phenoxy) is 3. The van der Waals surface area contributed by atoms with Crippen LogP contribution in [0.3, 0.4) is 0 Å². The molecule has 0 spiro atoms. The molecule has 22 heavy (non-hydrogen) atoms. The van der Waals surface area contributed by atoms with Crippen LogP contribution in [0.15, 0.2) is 38.0 Å². The van der Waals surface area contributed by atoms with E-state index < -0.39 is 38.3 Å². The van der Waals surface area contributed by atoms with Crippen LogP contribution in [0.1, 0.15) is 0 Å². The Kier molecular flexibility index (Phi) is 7.40. The number of carbonyl (C=O) groups is 3. The van der Waals surface area contributed by atoms with Crippen LogP contribution >= 0.6 is 7.82 Å². The van der Waals surface area contributed by atoms with Crippen LogP contribution < -0.4 is 0 Å². The second kappa shape index (κ2) is 8.25. The van der Waals surface area contributed by atoms with Gasteiger partial charge in [0.05, 0.1) is 0 Å². The van der Waals surface area contributed by atoms with E-state index in [-0.39, 0.29) is 0 Å². The molecule has 0 saturated heterocycles. The average Bonchev–Trinajstić information content (AvgIpc) is 2.42. The average molecular weight is 336 g/mol. The van der Waals surface area contributed by atoms with Gasteiger partial charge in [0.2, 0.25) is 0 Å². The lowest BCUT2D eigenvalue weighted by atomic mass is 10.5. The van der Waals surface area contributed by atoms with Crippen molar-refractivity contribution in [3.8, 4) is 0 Å². The molecular weight excluding hydrogens is 323 g/mol. The molecule has 122 valence electrons. The summed E-state index contributed by atoms with van der Waals surface area (Å²) in [5.41, 5.74) is 0. The van der Waals surface area contributed by atoms with Gasteiger partial charge in [-0.25, -0.2) is 23.5 Å². The predicted octanol–water partition coefficient (Wildman–Crippen LogP) is -0.0629. The molecule has 0 saturated carbocycles. The first-order chi connectivity index (χ1) is 10.1. The van der Waals surface area contributed by atoms with Crippen molar-refractivity contribution in [3.05, 3.63) is 38.0 Å². The molecule has 0 unspecified atom stereocenters. The van der Waals surface area contributed by atoms with E-state index in [9.17, 15) is 18.9 Å². The molecule has 0 rings (SSSR count). The van der Waals surface area contributed by atoms with Crippen molar-refractivity contribution in [1.29, 1.82) is 0 Å². The fourth-order valence-corrected chi connectivity index (χ4v) is 1.42. The number of hydrogen-bond acceptors (Lipinski definition) is 8. The first kappa shape index (κ1) is 19.7. The lowest BCUT2D eigenvalue weighted by molar-refractivity contribution is -0.323. The maximum absolute atomic E-state index is 11.2. The van der Waals surface area contributed by atoms with Gasteiger partial charge in [-0.15, -0.1) is 0 Å². The van der Waals surface area contributed by atoms with Crippen molar-refractivity contribution in [1.82, 2.24) is 0 Å². The van der Waals surface area contributed by atoms with E-state index in [1.54, 1.807) is 0 Å². The van der Waals surface area contributed by atoms with Crippen molar-refractivity contribution in [2.24, 2.45) is 0 Å². The van der Waals surface area contributed by atoms with Crippen LogP contribution in [0.25, 0.3) is 0 Å². The van der Waals surface area contributed by atoms with Gasteiger partial charge in [-0.2, -0.15) is 0 Å². The van der Waals surface area contributed by atoms with Crippen molar-refractivity contribution in [2.75, 3.05) is 6.61 Å². The van der Waals surface area contributed by atoms with Gasteiger partial charge in [-0.1, -0.05) is 19.7 Å². The van der Waals surface area contributed by atoms with Crippen molar-refractivity contribution in [2.45, 2.75) is 5.97 Å². The van der Waals surface area contributed by atoms with E-state index in [0.29, 0.717) is 18.2 Å². The van der Waals surface area contributed by atoms with Crippen LogP contribution in [-0.2, 0) is 37.7 Å². The van der Waals surface area contributed by atoms with Gasteiger partial charge in [0.25, 0.3) is 0 Å². The van der Waals surface area contributed by atoms with Crippen molar-refractivity contribution in [3.63, 3.8) is 0 Å².